The molecule has 0 aliphatic heterocycles. The van der Waals surface area contributed by atoms with Crippen LogP contribution in [0.4, 0.5) is 5.95 Å². The van der Waals surface area contributed by atoms with E-state index in [4.69, 9.17) is 9.84 Å². The Morgan fingerprint density at radius 2 is 2.47 bits per heavy atom. The summed E-state index contributed by atoms with van der Waals surface area (Å²) in [6.45, 7) is 0.362. The number of aliphatic hydroxyl groups excluding tert-OH is 1. The van der Waals surface area contributed by atoms with E-state index in [1.165, 1.54) is 6.33 Å². The van der Waals surface area contributed by atoms with Crippen molar-refractivity contribution in [2.24, 2.45) is 0 Å². The minimum atomic E-state index is -0.305. The number of hydrogen-bond acceptors (Lipinski definition) is 6. The molecule has 0 bridgehead atoms. The van der Waals surface area contributed by atoms with Crippen LogP contribution in [0.2, 0.25) is 0 Å². The number of anilines is 1. The molecule has 0 unspecified atom stereocenters. The first-order valence-corrected chi connectivity index (χ1v) is 5.07. The van der Waals surface area contributed by atoms with Crippen LogP contribution >= 0.6 is 0 Å². The predicted molar refractivity (Wildman–Crippen MR) is 60.7 cm³/mol. The summed E-state index contributed by atoms with van der Waals surface area (Å²) < 4.78 is 6.75. The van der Waals surface area contributed by atoms with Crippen molar-refractivity contribution in [1.82, 2.24) is 19.5 Å². The third-order valence-corrected chi connectivity index (χ3v) is 2.18. The molecule has 0 saturated carbocycles. The van der Waals surface area contributed by atoms with E-state index in [9.17, 15) is 4.79 Å². The fraction of sp³-hybridized carbons (Fsp3) is 0.444. The minimum Gasteiger partial charge on any atom is -0.394 e. The summed E-state index contributed by atoms with van der Waals surface area (Å²) in [5, 5.41) is 11.4. The molecule has 0 amide bonds. The molecule has 0 aliphatic carbocycles. The molecule has 3 N–H and O–H groups in total. The lowest BCUT2D eigenvalue weighted by Crippen LogP contribution is -2.13. The van der Waals surface area contributed by atoms with Gasteiger partial charge in [-0.3, -0.25) is 14.3 Å². The molecule has 2 heterocycles. The van der Waals surface area contributed by atoms with Crippen molar-refractivity contribution in [2.45, 2.75) is 6.73 Å². The third-order valence-electron chi connectivity index (χ3n) is 2.18. The average molecular weight is 239 g/mol. The minimum absolute atomic E-state index is 0.0532. The van der Waals surface area contributed by atoms with E-state index < -0.39 is 0 Å². The van der Waals surface area contributed by atoms with Gasteiger partial charge in [0.1, 0.15) is 6.73 Å². The number of aromatic nitrogens is 4. The maximum absolute atomic E-state index is 11.6. The average Bonchev–Trinajstić information content (AvgIpc) is 2.73. The van der Waals surface area contributed by atoms with Gasteiger partial charge in [-0.1, -0.05) is 0 Å². The lowest BCUT2D eigenvalue weighted by molar-refractivity contribution is 0.0499. The van der Waals surface area contributed by atoms with E-state index in [-0.39, 0.29) is 31.0 Å². The molecule has 92 valence electrons. The standard InChI is InChI=1S/C9H13N5O3/c1-10-9-12-7-6(8(16)13-9)11-4-14(7)5-17-3-2-15/h4,15H,2-3,5H2,1H3,(H2,10,12,13,16). The number of aromatic amines is 1. The number of nitrogens with zero attached hydrogens (tertiary/aromatic N) is 3. The van der Waals surface area contributed by atoms with Gasteiger partial charge in [-0.15, -0.1) is 0 Å². The Bertz CT molecular complexity index is 561. The number of rotatable bonds is 5. The van der Waals surface area contributed by atoms with Gasteiger partial charge >= 0.3 is 0 Å². The summed E-state index contributed by atoms with van der Waals surface area (Å²) in [5.74, 6) is 0.367. The molecule has 2 aromatic rings. The van der Waals surface area contributed by atoms with E-state index >= 15 is 0 Å². The molecule has 8 nitrogen and oxygen atoms in total. The highest BCUT2D eigenvalue weighted by molar-refractivity contribution is 5.70. The first-order chi connectivity index (χ1) is 8.26. The monoisotopic (exact) mass is 239 g/mol. The highest BCUT2D eigenvalue weighted by Crippen LogP contribution is 2.07. The van der Waals surface area contributed by atoms with Gasteiger partial charge in [-0.05, 0) is 0 Å². The predicted octanol–water partition coefficient (Wildman–Crippen LogP) is -0.872. The van der Waals surface area contributed by atoms with Gasteiger partial charge in [0.2, 0.25) is 5.95 Å². The largest absolute Gasteiger partial charge is 0.394 e. The Morgan fingerprint density at radius 3 is 3.18 bits per heavy atom. The molecule has 0 atom stereocenters. The number of hydrogen-bond donors (Lipinski definition) is 3. The van der Waals surface area contributed by atoms with Gasteiger partial charge in [0.15, 0.2) is 11.2 Å². The maximum Gasteiger partial charge on any atom is 0.280 e. The van der Waals surface area contributed by atoms with Crippen LogP contribution in [-0.4, -0.2) is 44.9 Å². The van der Waals surface area contributed by atoms with Gasteiger partial charge in [-0.2, -0.15) is 4.98 Å². The number of aliphatic hydroxyl groups is 1. The number of fused-ring (bicyclic) bond motifs is 1. The van der Waals surface area contributed by atoms with E-state index in [0.717, 1.165) is 0 Å². The van der Waals surface area contributed by atoms with Crippen LogP contribution in [0.15, 0.2) is 11.1 Å². The van der Waals surface area contributed by atoms with Gasteiger partial charge in [0, 0.05) is 7.05 Å². The van der Waals surface area contributed by atoms with Crippen LogP contribution in [0.5, 0.6) is 0 Å². The zero-order chi connectivity index (χ0) is 12.3. The Kier molecular flexibility index (Phi) is 3.35. The smallest absolute Gasteiger partial charge is 0.280 e. The molecule has 17 heavy (non-hydrogen) atoms. The van der Waals surface area contributed by atoms with Gasteiger partial charge in [0.05, 0.1) is 19.5 Å². The van der Waals surface area contributed by atoms with Crippen molar-refractivity contribution in [2.75, 3.05) is 25.6 Å². The van der Waals surface area contributed by atoms with Crippen LogP contribution in [0.1, 0.15) is 0 Å². The summed E-state index contributed by atoms with van der Waals surface area (Å²) in [4.78, 5) is 22.3. The van der Waals surface area contributed by atoms with E-state index in [2.05, 4.69) is 20.3 Å². The van der Waals surface area contributed by atoms with Crippen molar-refractivity contribution in [1.29, 1.82) is 0 Å². The highest BCUT2D eigenvalue weighted by Gasteiger charge is 2.09. The molecule has 0 spiro atoms. The summed E-state index contributed by atoms with van der Waals surface area (Å²) >= 11 is 0. The molecule has 8 heteroatoms. The number of imidazole rings is 1. The normalized spacial score (nSPS) is 10.9. The summed E-state index contributed by atoms with van der Waals surface area (Å²) in [5.41, 5.74) is 0.396. The molecule has 0 radical (unpaired) electrons. The zero-order valence-electron chi connectivity index (χ0n) is 9.30. The van der Waals surface area contributed by atoms with Crippen LogP contribution < -0.4 is 10.9 Å². The Morgan fingerprint density at radius 1 is 1.65 bits per heavy atom. The molecular formula is C9H13N5O3. The molecule has 2 aromatic heterocycles. The third kappa shape index (κ3) is 2.27. The van der Waals surface area contributed by atoms with E-state index in [1.807, 2.05) is 0 Å². The molecular weight excluding hydrogens is 226 g/mol. The van der Waals surface area contributed by atoms with Crippen LogP contribution in [-0.2, 0) is 11.5 Å². The Hall–Kier alpha value is -1.93. The number of ether oxygens (including phenoxy) is 1. The fourth-order valence-electron chi connectivity index (χ4n) is 1.39. The van der Waals surface area contributed by atoms with Crippen molar-refractivity contribution < 1.29 is 9.84 Å². The quantitative estimate of drug-likeness (QED) is 0.586. The number of nitrogens with one attached hydrogen (secondary N) is 2. The maximum atomic E-state index is 11.6. The topological polar surface area (TPSA) is 105 Å². The van der Waals surface area contributed by atoms with E-state index in [1.54, 1.807) is 11.6 Å². The molecule has 0 fully saturated rings. The van der Waals surface area contributed by atoms with Crippen LogP contribution in [0.25, 0.3) is 11.2 Å². The fourth-order valence-corrected chi connectivity index (χ4v) is 1.39. The van der Waals surface area contributed by atoms with Gasteiger partial charge < -0.3 is 15.2 Å². The second-order valence-corrected chi connectivity index (χ2v) is 3.31. The van der Waals surface area contributed by atoms with Crippen molar-refractivity contribution in [3.8, 4) is 0 Å². The molecule has 0 aromatic carbocycles. The first kappa shape index (κ1) is 11.6. The number of H-pyrrole nitrogens is 1. The van der Waals surface area contributed by atoms with Gasteiger partial charge in [0.25, 0.3) is 5.56 Å². The van der Waals surface area contributed by atoms with Crippen molar-refractivity contribution in [3.05, 3.63) is 16.7 Å². The SMILES string of the molecule is CNc1nc2c(ncn2COCCO)c(=O)[nH]1. The van der Waals surface area contributed by atoms with Crippen molar-refractivity contribution >= 4 is 17.1 Å². The van der Waals surface area contributed by atoms with Gasteiger partial charge in [-0.25, -0.2) is 4.98 Å². The lowest BCUT2D eigenvalue weighted by Gasteiger charge is -2.04. The molecule has 0 aliphatic rings. The second-order valence-electron chi connectivity index (χ2n) is 3.31. The Labute approximate surface area is 96.3 Å². The lowest BCUT2D eigenvalue weighted by atomic mass is 10.5. The van der Waals surface area contributed by atoms with E-state index in [0.29, 0.717) is 11.6 Å². The summed E-state index contributed by atoms with van der Waals surface area (Å²) in [6, 6.07) is 0. The first-order valence-electron chi connectivity index (χ1n) is 5.07. The second kappa shape index (κ2) is 4.93. The molecule has 2 rings (SSSR count). The van der Waals surface area contributed by atoms with Crippen LogP contribution in [0.3, 0.4) is 0 Å². The summed E-state index contributed by atoms with van der Waals surface area (Å²) in [7, 11) is 1.66. The van der Waals surface area contributed by atoms with Crippen molar-refractivity contribution in [3.63, 3.8) is 0 Å². The molecule has 0 saturated heterocycles. The zero-order valence-corrected chi connectivity index (χ0v) is 9.30. The summed E-state index contributed by atoms with van der Waals surface area (Å²) in [6.07, 6.45) is 1.48. The highest BCUT2D eigenvalue weighted by atomic mass is 16.5. The Balaban J connectivity index is 2.37. The van der Waals surface area contributed by atoms with Crippen LogP contribution in [0, 0.1) is 0 Å².